The highest BCUT2D eigenvalue weighted by Crippen LogP contribution is 2.49. The Morgan fingerprint density at radius 2 is 0.565 bits per heavy atom. The van der Waals surface area contributed by atoms with Crippen LogP contribution in [0.25, 0.3) is 22.3 Å². The first-order chi connectivity index (χ1) is 55.7. The summed E-state index contributed by atoms with van der Waals surface area (Å²) >= 11 is 8.43. The maximum atomic E-state index is 11.4. The third-order valence-corrected chi connectivity index (χ3v) is 26.6. The van der Waals surface area contributed by atoms with E-state index >= 15 is 0 Å². The highest BCUT2D eigenvalue weighted by molar-refractivity contribution is 8.00. The van der Waals surface area contributed by atoms with Gasteiger partial charge in [0.25, 0.3) is 0 Å². The second-order valence-corrected chi connectivity index (χ2v) is 34.7. The fourth-order valence-corrected chi connectivity index (χ4v) is 20.3. The minimum atomic E-state index is 0.0176. The zero-order valence-electron chi connectivity index (χ0n) is 67.7. The van der Waals surface area contributed by atoms with Gasteiger partial charge in [0.05, 0.1) is 0 Å². The molecule has 0 amide bonds. The van der Waals surface area contributed by atoms with Crippen LogP contribution in [-0.4, -0.2) is 40.6 Å². The number of phenolic OH excluding ortho intramolecular Hbond substituents is 6. The summed E-state index contributed by atoms with van der Waals surface area (Å²) in [6, 6.07) is 75.7. The zero-order valence-corrected chi connectivity index (χ0v) is 71.8. The number of aryl methyl sites for hydroxylation is 6. The maximum absolute atomic E-state index is 11.4. The summed E-state index contributed by atoms with van der Waals surface area (Å²) in [5, 5.41) is 74.9. The number of pyridine rings is 2. The van der Waals surface area contributed by atoms with E-state index in [-0.39, 0.29) is 35.5 Å². The first-order valence-corrected chi connectivity index (χ1v) is 44.3. The largest absolute Gasteiger partial charge is 0.507 e. The molecule has 0 saturated heterocycles. The van der Waals surface area contributed by atoms with Gasteiger partial charge in [0, 0.05) is 123 Å². The van der Waals surface area contributed by atoms with Crippen molar-refractivity contribution in [1.29, 1.82) is 0 Å². The average molecular weight is 1610 g/mol. The lowest BCUT2D eigenvalue weighted by Crippen LogP contribution is -2.02. The van der Waals surface area contributed by atoms with Gasteiger partial charge in [-0.1, -0.05) is 207 Å². The average Bonchev–Trinajstić information content (AvgIpc) is 1.30. The number of nitrogens with zero attached hydrogens (tertiary/aromatic N) is 2. The molecule has 6 atom stereocenters. The third-order valence-electron chi connectivity index (χ3n) is 22.3. The number of phenols is 6. The smallest absolute Gasteiger partial charge is 0.122 e. The Kier molecular flexibility index (Phi) is 28.8. The molecule has 13 heteroatoms. The van der Waals surface area contributed by atoms with E-state index in [1.807, 2.05) is 63.2 Å². The molecule has 8 nitrogen and oxygen atoms in total. The Morgan fingerprint density at radius 1 is 0.287 bits per heavy atom. The van der Waals surface area contributed by atoms with Crippen LogP contribution in [0.4, 0.5) is 0 Å². The molecule has 0 saturated carbocycles. The molecule has 115 heavy (non-hydrogen) atoms. The summed E-state index contributed by atoms with van der Waals surface area (Å²) in [4.78, 5) is 14.8. The molecule has 4 aromatic heterocycles. The monoisotopic (exact) mass is 1610 g/mol. The van der Waals surface area contributed by atoms with Crippen molar-refractivity contribution in [2.24, 2.45) is 0 Å². The van der Waals surface area contributed by atoms with Crippen molar-refractivity contribution in [2.75, 3.05) is 0 Å². The molecule has 6 N–H and O–H groups in total. The number of hydrogen-bond donors (Lipinski definition) is 6. The van der Waals surface area contributed by atoms with E-state index in [1.165, 1.54) is 38.9 Å². The number of aromatic hydroxyl groups is 6. The van der Waals surface area contributed by atoms with Crippen molar-refractivity contribution in [2.45, 2.75) is 186 Å². The normalized spacial score (nSPS) is 12.8. The molecule has 14 rings (SSSR count). The predicted octanol–water partition coefficient (Wildman–Crippen LogP) is 28.7. The zero-order chi connectivity index (χ0) is 81.4. The van der Waals surface area contributed by atoms with Crippen molar-refractivity contribution >= 4 is 58.0 Å². The summed E-state index contributed by atoms with van der Waals surface area (Å²) in [6.45, 7) is 25.0. The second-order valence-electron chi connectivity index (χ2n) is 29.7. The minimum absolute atomic E-state index is 0.0176. The highest BCUT2D eigenvalue weighted by atomic mass is 32.2. The van der Waals surface area contributed by atoms with Gasteiger partial charge in [-0.05, 0) is 279 Å². The van der Waals surface area contributed by atoms with Gasteiger partial charge in [-0.3, -0.25) is 9.97 Å². The lowest BCUT2D eigenvalue weighted by molar-refractivity contribution is 0.456. The van der Waals surface area contributed by atoms with Gasteiger partial charge in [0.2, 0.25) is 0 Å². The molecule has 0 radical (unpaired) electrons. The topological polar surface area (TPSA) is 147 Å². The van der Waals surface area contributed by atoms with E-state index in [0.29, 0.717) is 34.5 Å². The Labute approximate surface area is 701 Å². The van der Waals surface area contributed by atoms with Crippen LogP contribution in [0.3, 0.4) is 0 Å². The Hall–Kier alpha value is -10.3. The first kappa shape index (κ1) is 84.2. The van der Waals surface area contributed by atoms with Crippen LogP contribution in [0, 0.1) is 20.8 Å². The first-order valence-electron chi connectivity index (χ1n) is 40.0. The molecule has 588 valence electrons. The van der Waals surface area contributed by atoms with Crippen LogP contribution in [0.1, 0.15) is 217 Å². The van der Waals surface area contributed by atoms with Gasteiger partial charge in [0.15, 0.2) is 0 Å². The van der Waals surface area contributed by atoms with Crippen LogP contribution in [-0.2, 0) is 19.3 Å². The summed E-state index contributed by atoms with van der Waals surface area (Å²) < 4.78 is 0. The van der Waals surface area contributed by atoms with Crippen LogP contribution < -0.4 is 0 Å². The number of hydrogen-bond acceptors (Lipinski definition) is 13. The van der Waals surface area contributed by atoms with E-state index < -0.39 is 0 Å². The van der Waals surface area contributed by atoms with Crippen LogP contribution >= 0.6 is 58.0 Å². The Bertz CT molecular complexity index is 5530. The summed E-state index contributed by atoms with van der Waals surface area (Å²) in [7, 11) is 0. The second kappa shape index (κ2) is 39.4. The van der Waals surface area contributed by atoms with Gasteiger partial charge in [-0.2, -0.15) is 22.7 Å². The molecule has 0 aliphatic carbocycles. The Morgan fingerprint density at radius 3 is 0.896 bits per heavy atom. The minimum Gasteiger partial charge on any atom is -0.507 e. The van der Waals surface area contributed by atoms with Gasteiger partial charge < -0.3 is 30.6 Å². The van der Waals surface area contributed by atoms with E-state index in [9.17, 15) is 30.6 Å². The Balaban J connectivity index is 0.000000163. The van der Waals surface area contributed by atoms with Gasteiger partial charge >= 0.3 is 0 Å². The molecular weight excluding hydrogens is 1510 g/mol. The SMILES string of the molecule is CCc1cc(Sc2cc(C)c(O)c(C(C)c3ccc(-c4ccccc4)cc3)c2)cc(C(CC)c2ccc(-c3ccccc3)cc2)c1O.CCc1cc(Sc2cc(C)c(O)c(C(C)c3ccncc3)c2)cc(C(CC)c2ccncc2)c1O.CCc1cc(Sc2cc(C)c(O)c(C(C)c3ccsc3)c2)cc(C(CC)c2ccsc2)c1O. The summed E-state index contributed by atoms with van der Waals surface area (Å²) in [5.41, 5.74) is 23.0. The molecule has 10 aromatic carbocycles. The van der Waals surface area contributed by atoms with E-state index in [1.54, 1.807) is 82.7 Å². The van der Waals surface area contributed by atoms with Crippen molar-refractivity contribution in [3.63, 3.8) is 0 Å². The van der Waals surface area contributed by atoms with E-state index in [0.717, 1.165) is 151 Å². The molecule has 4 heterocycles. The van der Waals surface area contributed by atoms with E-state index in [4.69, 9.17) is 0 Å². The molecule has 0 fully saturated rings. The van der Waals surface area contributed by atoms with E-state index in [2.05, 4.69) is 270 Å². The van der Waals surface area contributed by atoms with Gasteiger partial charge in [0.1, 0.15) is 34.5 Å². The molecule has 0 spiro atoms. The number of rotatable bonds is 26. The molecule has 6 unspecified atom stereocenters. The fraction of sp³-hybridized carbons (Fsp3) is 0.235. The molecule has 0 aliphatic heterocycles. The number of aromatic nitrogens is 2. The van der Waals surface area contributed by atoms with Crippen LogP contribution in [0.5, 0.6) is 34.5 Å². The summed E-state index contributed by atoms with van der Waals surface area (Å²) in [5.74, 6) is 2.78. The molecule has 14 aromatic rings. The lowest BCUT2D eigenvalue weighted by Gasteiger charge is -2.21. The van der Waals surface area contributed by atoms with Crippen molar-refractivity contribution in [1.82, 2.24) is 9.97 Å². The summed E-state index contributed by atoms with van der Waals surface area (Å²) in [6.07, 6.45) is 12.1. The van der Waals surface area contributed by atoms with Gasteiger partial charge in [-0.25, -0.2) is 0 Å². The standard InChI is InChI=1S/C44H42O2S.C30H32N2O2S.C28H30O2S3/c1-5-31-26-39(28-42(44(31)46)40(6-2)37-23-21-36(22-24-37)34-15-11-8-12-16-34)47-38-25-29(3)43(45)41(27-38)30(4)32-17-19-35(20-18-32)33-13-9-7-10-14-33;1-5-21-16-25(18-28(30(21)34)26(6-2)23-9-13-32-14-10-23)35-24-15-19(3)29(33)27(17-24)20(4)22-7-11-31-12-8-22;1-5-19-12-23(14-26(28(19)30)24(6-2)21-8-10-32-16-21)33-22-11-17(3)27(29)25(13-22)18(4)20-7-9-31-15-20/h7-28,30,40,45-46H,5-6H2,1-4H3;7-18,20,26,33-34H,5-6H2,1-4H3;7-16,18,24,29-30H,5-6H2,1-4H3. The maximum Gasteiger partial charge on any atom is 0.122 e. The highest BCUT2D eigenvalue weighted by Gasteiger charge is 2.27. The van der Waals surface area contributed by atoms with Crippen molar-refractivity contribution < 1.29 is 30.6 Å². The fourth-order valence-electron chi connectivity index (χ4n) is 15.6. The molecule has 0 bridgehead atoms. The van der Waals surface area contributed by atoms with Crippen LogP contribution in [0.15, 0.2) is 294 Å². The molecular formula is C102H104N2O6S5. The third kappa shape index (κ3) is 20.0. The van der Waals surface area contributed by atoms with Crippen molar-refractivity contribution in [3.8, 4) is 56.8 Å². The number of thiophene rings is 2. The van der Waals surface area contributed by atoms with Crippen molar-refractivity contribution in [3.05, 3.63) is 365 Å². The number of benzene rings is 10. The van der Waals surface area contributed by atoms with Gasteiger partial charge in [-0.15, -0.1) is 0 Å². The molecule has 0 aliphatic rings. The predicted molar refractivity (Wildman–Crippen MR) is 483 cm³/mol. The van der Waals surface area contributed by atoms with Crippen LogP contribution in [0.2, 0.25) is 0 Å². The lowest BCUT2D eigenvalue weighted by atomic mass is 9.86. The quantitative estimate of drug-likeness (QED) is 0.0308.